The number of nitrogens with two attached hydrogens (primary N) is 2. The summed E-state index contributed by atoms with van der Waals surface area (Å²) in [5, 5.41) is 0. The largest absolute Gasteiger partial charge is 0.388 e. The number of hydrogen-bond acceptors (Lipinski definition) is 6. The molecule has 6 heteroatoms. The summed E-state index contributed by atoms with van der Waals surface area (Å²) in [4.78, 5) is 26.8. The van der Waals surface area contributed by atoms with Crippen molar-refractivity contribution in [3.63, 3.8) is 0 Å². The number of pyridine rings is 1. The van der Waals surface area contributed by atoms with Crippen LogP contribution in [0.15, 0.2) is 24.5 Å². The second kappa shape index (κ2) is 7.52. The smallest absolute Gasteiger partial charge is 0.347 e. The average molecular weight is 251 g/mol. The Morgan fingerprint density at radius 1 is 1.39 bits per heavy atom. The second-order valence-corrected chi connectivity index (χ2v) is 3.84. The number of esters is 2. The Morgan fingerprint density at radius 3 is 2.78 bits per heavy atom. The Bertz CT molecular complexity index is 395. The lowest BCUT2D eigenvalue weighted by molar-refractivity contribution is -0.139. The Hall–Kier alpha value is -1.79. The van der Waals surface area contributed by atoms with Crippen molar-refractivity contribution in [3.05, 3.63) is 30.1 Å². The van der Waals surface area contributed by atoms with E-state index in [0.717, 1.165) is 12.8 Å². The average Bonchev–Trinajstić information content (AvgIpc) is 2.39. The van der Waals surface area contributed by atoms with E-state index in [-0.39, 0.29) is 5.56 Å². The monoisotopic (exact) mass is 251 g/mol. The molecule has 0 saturated carbocycles. The summed E-state index contributed by atoms with van der Waals surface area (Å²) >= 11 is 0. The zero-order valence-electron chi connectivity index (χ0n) is 10.0. The highest BCUT2D eigenvalue weighted by Gasteiger charge is 2.19. The Labute approximate surface area is 105 Å². The number of ether oxygens (including phenoxy) is 1. The van der Waals surface area contributed by atoms with E-state index in [1.54, 1.807) is 6.07 Å². The fourth-order valence-corrected chi connectivity index (χ4v) is 1.34. The van der Waals surface area contributed by atoms with E-state index in [1.165, 1.54) is 18.5 Å². The Morgan fingerprint density at radius 2 is 2.17 bits per heavy atom. The predicted molar refractivity (Wildman–Crippen MR) is 65.5 cm³/mol. The molecular formula is C12H17N3O3. The van der Waals surface area contributed by atoms with Crippen molar-refractivity contribution in [1.29, 1.82) is 0 Å². The quantitative estimate of drug-likeness (QED) is 0.425. The minimum Gasteiger partial charge on any atom is -0.388 e. The summed E-state index contributed by atoms with van der Waals surface area (Å²) in [5.74, 6) is -1.46. The summed E-state index contributed by atoms with van der Waals surface area (Å²) in [5.41, 5.74) is 11.2. The molecule has 0 aliphatic carbocycles. The van der Waals surface area contributed by atoms with Crippen molar-refractivity contribution in [2.45, 2.75) is 25.3 Å². The number of nitrogens with zero attached hydrogens (tertiary/aromatic N) is 1. The van der Waals surface area contributed by atoms with Crippen LogP contribution in [-0.2, 0) is 9.53 Å². The van der Waals surface area contributed by atoms with E-state index in [2.05, 4.69) is 9.72 Å². The lowest BCUT2D eigenvalue weighted by Gasteiger charge is -2.09. The van der Waals surface area contributed by atoms with Gasteiger partial charge in [-0.15, -0.1) is 0 Å². The molecule has 0 fully saturated rings. The van der Waals surface area contributed by atoms with Crippen LogP contribution in [0.5, 0.6) is 0 Å². The molecule has 18 heavy (non-hydrogen) atoms. The van der Waals surface area contributed by atoms with E-state index in [1.807, 2.05) is 0 Å². The van der Waals surface area contributed by atoms with E-state index in [0.29, 0.717) is 13.0 Å². The molecule has 0 saturated heterocycles. The van der Waals surface area contributed by atoms with Crippen LogP contribution < -0.4 is 11.5 Å². The number of carbonyl (C=O) groups is 2. The van der Waals surface area contributed by atoms with Crippen molar-refractivity contribution in [2.75, 3.05) is 6.54 Å². The second-order valence-electron chi connectivity index (χ2n) is 3.84. The zero-order valence-corrected chi connectivity index (χ0v) is 10.0. The molecule has 0 aromatic carbocycles. The van der Waals surface area contributed by atoms with Crippen LogP contribution in [0.2, 0.25) is 0 Å². The van der Waals surface area contributed by atoms with Crippen LogP contribution in [0.25, 0.3) is 0 Å². The summed E-state index contributed by atoms with van der Waals surface area (Å²) in [6.45, 7) is 0.552. The van der Waals surface area contributed by atoms with Gasteiger partial charge in [-0.05, 0) is 31.5 Å². The molecule has 98 valence electrons. The number of unbranched alkanes of at least 4 members (excludes halogenated alkanes) is 1. The molecule has 1 rings (SSSR count). The first-order chi connectivity index (χ1) is 8.65. The van der Waals surface area contributed by atoms with Crippen LogP contribution in [0.4, 0.5) is 0 Å². The van der Waals surface area contributed by atoms with E-state index < -0.39 is 18.0 Å². The van der Waals surface area contributed by atoms with Crippen LogP contribution >= 0.6 is 0 Å². The summed E-state index contributed by atoms with van der Waals surface area (Å²) in [7, 11) is 0. The van der Waals surface area contributed by atoms with Gasteiger partial charge in [0.25, 0.3) is 0 Å². The molecule has 0 bridgehead atoms. The van der Waals surface area contributed by atoms with Gasteiger partial charge in [-0.3, -0.25) is 4.98 Å². The van der Waals surface area contributed by atoms with Crippen LogP contribution in [0, 0.1) is 0 Å². The summed E-state index contributed by atoms with van der Waals surface area (Å²) < 4.78 is 4.65. The highest BCUT2D eigenvalue weighted by molar-refractivity contribution is 5.97. The first-order valence-corrected chi connectivity index (χ1v) is 5.77. The molecule has 0 amide bonds. The Kier molecular flexibility index (Phi) is 5.96. The maximum atomic E-state index is 11.5. The van der Waals surface area contributed by atoms with Gasteiger partial charge in [0.1, 0.15) is 6.04 Å². The molecule has 1 heterocycles. The fourth-order valence-electron chi connectivity index (χ4n) is 1.34. The molecule has 0 unspecified atom stereocenters. The highest BCUT2D eigenvalue weighted by Crippen LogP contribution is 2.03. The maximum Gasteiger partial charge on any atom is 0.347 e. The van der Waals surface area contributed by atoms with Crippen LogP contribution in [0.3, 0.4) is 0 Å². The first kappa shape index (κ1) is 14.3. The normalized spacial score (nSPS) is 11.9. The van der Waals surface area contributed by atoms with Gasteiger partial charge in [-0.25, -0.2) is 9.59 Å². The molecule has 4 N–H and O–H groups in total. The van der Waals surface area contributed by atoms with Gasteiger partial charge in [0.2, 0.25) is 0 Å². The SMILES string of the molecule is NCCCC[C@H](N)C(=O)OC(=O)c1cccnc1. The van der Waals surface area contributed by atoms with Crippen molar-refractivity contribution in [1.82, 2.24) is 4.98 Å². The van der Waals surface area contributed by atoms with Crippen molar-refractivity contribution in [2.24, 2.45) is 11.5 Å². The van der Waals surface area contributed by atoms with E-state index >= 15 is 0 Å². The van der Waals surface area contributed by atoms with Gasteiger partial charge in [-0.1, -0.05) is 6.42 Å². The Balaban J connectivity index is 2.42. The summed E-state index contributed by atoms with van der Waals surface area (Å²) in [6.07, 6.45) is 4.83. The molecule has 1 atom stereocenters. The predicted octanol–water partition coefficient (Wildman–Crippen LogP) is 0.221. The standard InChI is InChI=1S/C12H17N3O3/c13-6-2-1-5-10(14)12(17)18-11(16)9-4-3-7-15-8-9/h3-4,7-8,10H,1-2,5-6,13-14H2/t10-/m0/s1. The number of rotatable bonds is 6. The molecular weight excluding hydrogens is 234 g/mol. The van der Waals surface area contributed by atoms with Crippen LogP contribution in [-0.4, -0.2) is 29.5 Å². The zero-order chi connectivity index (χ0) is 13.4. The number of aromatic nitrogens is 1. The van der Waals surface area contributed by atoms with Gasteiger partial charge in [0.05, 0.1) is 5.56 Å². The van der Waals surface area contributed by atoms with Crippen molar-refractivity contribution in [3.8, 4) is 0 Å². The minimum absolute atomic E-state index is 0.222. The van der Waals surface area contributed by atoms with Gasteiger partial charge in [0, 0.05) is 12.4 Å². The molecule has 6 nitrogen and oxygen atoms in total. The molecule has 0 aliphatic rings. The third-order valence-electron chi connectivity index (χ3n) is 2.36. The summed E-state index contributed by atoms with van der Waals surface area (Å²) in [6, 6.07) is 2.31. The van der Waals surface area contributed by atoms with E-state index in [4.69, 9.17) is 11.5 Å². The molecule has 0 spiro atoms. The topological polar surface area (TPSA) is 108 Å². The van der Waals surface area contributed by atoms with Crippen molar-refractivity contribution >= 4 is 11.9 Å². The fraction of sp³-hybridized carbons (Fsp3) is 0.417. The van der Waals surface area contributed by atoms with Gasteiger partial charge < -0.3 is 16.2 Å². The first-order valence-electron chi connectivity index (χ1n) is 5.77. The molecule has 1 aromatic heterocycles. The minimum atomic E-state index is -0.794. The van der Waals surface area contributed by atoms with E-state index in [9.17, 15) is 9.59 Å². The number of carbonyl (C=O) groups excluding carboxylic acids is 2. The molecule has 0 radical (unpaired) electrons. The third kappa shape index (κ3) is 4.60. The van der Waals surface area contributed by atoms with Crippen LogP contribution in [0.1, 0.15) is 29.6 Å². The highest BCUT2D eigenvalue weighted by atomic mass is 16.6. The maximum absolute atomic E-state index is 11.5. The van der Waals surface area contributed by atoms with Crippen molar-refractivity contribution < 1.29 is 14.3 Å². The van der Waals surface area contributed by atoms with Gasteiger partial charge in [-0.2, -0.15) is 0 Å². The number of hydrogen-bond donors (Lipinski definition) is 2. The van der Waals surface area contributed by atoms with Gasteiger partial charge in [0.15, 0.2) is 0 Å². The lowest BCUT2D eigenvalue weighted by atomic mass is 10.1. The van der Waals surface area contributed by atoms with Gasteiger partial charge >= 0.3 is 11.9 Å². The molecule has 1 aromatic rings. The molecule has 0 aliphatic heterocycles. The third-order valence-corrected chi connectivity index (χ3v) is 2.36. The lowest BCUT2D eigenvalue weighted by Crippen LogP contribution is -2.33.